The van der Waals surface area contributed by atoms with E-state index < -0.39 is 72.3 Å². The van der Waals surface area contributed by atoms with Gasteiger partial charge < -0.3 is 42.7 Å². The van der Waals surface area contributed by atoms with Crippen LogP contribution in [0.2, 0.25) is 0 Å². The molecule has 0 saturated carbocycles. The molecule has 170 valence electrons. The maximum absolute atomic E-state index is 12.5. The summed E-state index contributed by atoms with van der Waals surface area (Å²) in [6, 6.07) is -5.87. The van der Waals surface area contributed by atoms with Crippen LogP contribution < -0.4 is 27.4 Å². The summed E-state index contributed by atoms with van der Waals surface area (Å²) in [5.74, 6) is -6.68. The Bertz CT molecular complexity index is 682. The van der Waals surface area contributed by atoms with Crippen LogP contribution >= 0.6 is 0 Å². The van der Waals surface area contributed by atoms with Crippen molar-refractivity contribution in [2.75, 3.05) is 0 Å². The molecule has 0 aliphatic heterocycles. The molecule has 5 atom stereocenters. The number of nitrogens with one attached hydrogen (secondary N) is 3. The number of primary amides is 1. The average Bonchev–Trinajstić information content (AvgIpc) is 2.62. The van der Waals surface area contributed by atoms with Gasteiger partial charge >= 0.3 is 11.9 Å². The third-order valence-electron chi connectivity index (χ3n) is 3.88. The van der Waals surface area contributed by atoms with Gasteiger partial charge in [-0.3, -0.25) is 28.8 Å². The molecule has 0 aromatic rings. The number of nitrogens with two attached hydrogens (primary N) is 2. The van der Waals surface area contributed by atoms with Crippen molar-refractivity contribution in [1.29, 1.82) is 0 Å². The quantitative estimate of drug-likeness (QED) is 0.140. The lowest BCUT2D eigenvalue weighted by Gasteiger charge is -2.24. The van der Waals surface area contributed by atoms with Crippen LogP contribution in [0.25, 0.3) is 0 Å². The van der Waals surface area contributed by atoms with Crippen molar-refractivity contribution in [3.05, 3.63) is 0 Å². The van der Waals surface area contributed by atoms with Crippen LogP contribution in [0.5, 0.6) is 0 Å². The minimum atomic E-state index is -1.67. The molecule has 0 saturated heterocycles. The van der Waals surface area contributed by atoms with Gasteiger partial charge in [-0.1, -0.05) is 0 Å². The third kappa shape index (κ3) is 9.79. The zero-order chi connectivity index (χ0) is 23.6. The minimum Gasteiger partial charge on any atom is -0.481 e. The van der Waals surface area contributed by atoms with Gasteiger partial charge in [0.15, 0.2) is 0 Å². The molecule has 4 amide bonds. The standard InChI is InChI=1S/C16H27N5O9/c1-6(16(29)30)19-13(26)8(3-4-10(17)23)20-14(27)9(5-11(24)25)21-15(28)12(18)7(2)22/h6-9,12,22H,3-5,18H2,1-2H3,(H2,17,23)(H,19,26)(H,20,27)(H,21,28)(H,24,25)(H,29,30). The highest BCUT2D eigenvalue weighted by atomic mass is 16.4. The third-order valence-corrected chi connectivity index (χ3v) is 3.88. The van der Waals surface area contributed by atoms with Crippen molar-refractivity contribution < 1.29 is 44.1 Å². The molecule has 0 spiro atoms. The number of carbonyl (C=O) groups is 6. The van der Waals surface area contributed by atoms with E-state index in [1.54, 1.807) is 0 Å². The molecule has 0 aliphatic carbocycles. The summed E-state index contributed by atoms with van der Waals surface area (Å²) >= 11 is 0. The number of amides is 4. The Hall–Kier alpha value is -3.26. The highest BCUT2D eigenvalue weighted by Gasteiger charge is 2.31. The zero-order valence-electron chi connectivity index (χ0n) is 16.5. The molecule has 0 aromatic heterocycles. The van der Waals surface area contributed by atoms with Crippen LogP contribution in [-0.2, 0) is 28.8 Å². The molecule has 0 aliphatic rings. The Morgan fingerprint density at radius 2 is 1.37 bits per heavy atom. The topological polar surface area (TPSA) is 251 Å². The first-order valence-electron chi connectivity index (χ1n) is 8.83. The Labute approximate surface area is 171 Å². The molecule has 5 unspecified atom stereocenters. The average molecular weight is 433 g/mol. The van der Waals surface area contributed by atoms with Crippen LogP contribution in [0.3, 0.4) is 0 Å². The van der Waals surface area contributed by atoms with Crippen LogP contribution in [0.1, 0.15) is 33.1 Å². The molecule has 0 fully saturated rings. The van der Waals surface area contributed by atoms with Gasteiger partial charge in [-0.05, 0) is 20.3 Å². The predicted octanol–water partition coefficient (Wildman–Crippen LogP) is -4.01. The number of aliphatic hydroxyl groups excluding tert-OH is 1. The number of carbonyl (C=O) groups excluding carboxylic acids is 4. The second-order valence-electron chi connectivity index (χ2n) is 6.56. The monoisotopic (exact) mass is 433 g/mol. The summed E-state index contributed by atoms with van der Waals surface area (Å²) in [6.45, 7) is 2.38. The highest BCUT2D eigenvalue weighted by Crippen LogP contribution is 2.03. The molecular weight excluding hydrogens is 406 g/mol. The zero-order valence-corrected chi connectivity index (χ0v) is 16.5. The lowest BCUT2D eigenvalue weighted by Crippen LogP contribution is -2.58. The van der Waals surface area contributed by atoms with E-state index in [0.717, 1.165) is 6.92 Å². The van der Waals surface area contributed by atoms with Crippen molar-refractivity contribution >= 4 is 35.6 Å². The van der Waals surface area contributed by atoms with Crippen molar-refractivity contribution in [3.63, 3.8) is 0 Å². The molecular formula is C16H27N5O9. The SMILES string of the molecule is CC(NC(=O)C(CCC(N)=O)NC(=O)C(CC(=O)O)NC(=O)C(N)C(C)O)C(=O)O. The smallest absolute Gasteiger partial charge is 0.325 e. The van der Waals surface area contributed by atoms with Crippen molar-refractivity contribution in [1.82, 2.24) is 16.0 Å². The van der Waals surface area contributed by atoms with E-state index in [1.807, 2.05) is 0 Å². The number of rotatable bonds is 13. The first-order chi connectivity index (χ1) is 13.8. The Morgan fingerprint density at radius 3 is 1.80 bits per heavy atom. The van der Waals surface area contributed by atoms with Gasteiger partial charge in [-0.15, -0.1) is 0 Å². The predicted molar refractivity (Wildman–Crippen MR) is 99.4 cm³/mol. The maximum atomic E-state index is 12.5. The van der Waals surface area contributed by atoms with Gasteiger partial charge in [-0.2, -0.15) is 0 Å². The molecule has 0 heterocycles. The fourth-order valence-electron chi connectivity index (χ4n) is 2.07. The highest BCUT2D eigenvalue weighted by molar-refractivity contribution is 5.95. The normalized spacial score (nSPS) is 15.6. The number of carboxylic acid groups (broad SMARTS) is 2. The van der Waals surface area contributed by atoms with E-state index in [4.69, 9.17) is 21.7 Å². The number of hydrogen-bond donors (Lipinski definition) is 8. The van der Waals surface area contributed by atoms with Crippen LogP contribution in [0.15, 0.2) is 0 Å². The fourth-order valence-corrected chi connectivity index (χ4v) is 2.07. The summed E-state index contributed by atoms with van der Waals surface area (Å²) in [5.41, 5.74) is 10.5. The number of aliphatic carboxylic acids is 2. The lowest BCUT2D eigenvalue weighted by molar-refractivity contribution is -0.143. The molecule has 14 nitrogen and oxygen atoms in total. The second kappa shape index (κ2) is 12.3. The Balaban J connectivity index is 5.44. The van der Waals surface area contributed by atoms with Gasteiger partial charge in [0.1, 0.15) is 24.2 Å². The minimum absolute atomic E-state index is 0.305. The first kappa shape index (κ1) is 26.7. The van der Waals surface area contributed by atoms with E-state index in [0.29, 0.717) is 0 Å². The molecule has 14 heteroatoms. The van der Waals surface area contributed by atoms with Crippen LogP contribution in [0, 0.1) is 0 Å². The van der Waals surface area contributed by atoms with Crippen LogP contribution in [0.4, 0.5) is 0 Å². The summed E-state index contributed by atoms with van der Waals surface area (Å²) in [4.78, 5) is 69.7. The van der Waals surface area contributed by atoms with Gasteiger partial charge in [-0.25, -0.2) is 0 Å². The number of aliphatic hydroxyl groups is 1. The summed E-state index contributed by atoms with van der Waals surface area (Å²) in [7, 11) is 0. The van der Waals surface area contributed by atoms with E-state index in [-0.39, 0.29) is 12.8 Å². The van der Waals surface area contributed by atoms with E-state index in [2.05, 4.69) is 16.0 Å². The van der Waals surface area contributed by atoms with E-state index >= 15 is 0 Å². The largest absolute Gasteiger partial charge is 0.481 e. The van der Waals surface area contributed by atoms with E-state index in [9.17, 15) is 33.9 Å². The number of hydrogen-bond acceptors (Lipinski definition) is 8. The maximum Gasteiger partial charge on any atom is 0.325 e. The molecule has 0 rings (SSSR count). The van der Waals surface area contributed by atoms with Crippen molar-refractivity contribution in [2.45, 2.75) is 63.4 Å². The number of carboxylic acids is 2. The van der Waals surface area contributed by atoms with Crippen molar-refractivity contribution in [3.8, 4) is 0 Å². The Morgan fingerprint density at radius 1 is 0.867 bits per heavy atom. The van der Waals surface area contributed by atoms with E-state index in [1.165, 1.54) is 6.92 Å². The molecule has 0 radical (unpaired) electrons. The molecule has 10 N–H and O–H groups in total. The molecule has 30 heavy (non-hydrogen) atoms. The van der Waals surface area contributed by atoms with Gasteiger partial charge in [0.2, 0.25) is 23.6 Å². The van der Waals surface area contributed by atoms with Gasteiger partial charge in [0, 0.05) is 6.42 Å². The molecule has 0 bridgehead atoms. The molecule has 0 aromatic carbocycles. The second-order valence-corrected chi connectivity index (χ2v) is 6.56. The van der Waals surface area contributed by atoms with Crippen molar-refractivity contribution in [2.24, 2.45) is 11.5 Å². The summed E-state index contributed by atoms with van der Waals surface area (Å²) in [5, 5.41) is 33.5. The van der Waals surface area contributed by atoms with Gasteiger partial charge in [0.05, 0.1) is 12.5 Å². The first-order valence-corrected chi connectivity index (χ1v) is 8.83. The lowest BCUT2D eigenvalue weighted by atomic mass is 10.1. The summed E-state index contributed by atoms with van der Waals surface area (Å²) < 4.78 is 0. The Kier molecular flexibility index (Phi) is 11.0. The fraction of sp³-hybridized carbons (Fsp3) is 0.625. The van der Waals surface area contributed by atoms with Gasteiger partial charge in [0.25, 0.3) is 0 Å². The summed E-state index contributed by atoms with van der Waals surface area (Å²) in [6.07, 6.45) is -2.81. The van der Waals surface area contributed by atoms with Crippen LogP contribution in [-0.4, -0.2) is 81.2 Å².